The average Bonchev–Trinajstić information content (AvgIpc) is 3.74. The molecule has 10 aromatic rings. The molecule has 2 nitrogen and oxygen atoms in total. The fourth-order valence-corrected chi connectivity index (χ4v) is 10.4. The molecule has 2 heteroatoms. The van der Waals surface area contributed by atoms with Gasteiger partial charge in [0.25, 0.3) is 0 Å². The Balaban J connectivity index is 1.30. The first-order valence-corrected chi connectivity index (χ1v) is 20.3. The Hall–Kier alpha value is -7.52. The summed E-state index contributed by atoms with van der Waals surface area (Å²) < 4.78 is 0. The topological polar surface area (TPSA) is 28.1 Å². The maximum absolute atomic E-state index is 10.6. The van der Waals surface area contributed by atoms with E-state index in [0.717, 1.165) is 27.3 Å². The van der Waals surface area contributed by atoms with Crippen molar-refractivity contribution in [3.8, 4) is 72.8 Å². The highest BCUT2D eigenvalue weighted by atomic mass is 14.6. The van der Waals surface area contributed by atoms with Crippen molar-refractivity contribution >= 4 is 59.5 Å². The number of nitriles is 1. The molecule has 0 amide bonds. The average molecular weight is 749 g/mol. The van der Waals surface area contributed by atoms with Crippen molar-refractivity contribution in [2.45, 2.75) is 33.1 Å². The maximum atomic E-state index is 10.6. The number of hydrogen-bond donors (Lipinski definition) is 0. The lowest BCUT2D eigenvalue weighted by Gasteiger charge is -2.23. The molecule has 2 aliphatic carbocycles. The smallest absolute Gasteiger partial charge is 0.187 e. The fourth-order valence-electron chi connectivity index (χ4n) is 10.4. The van der Waals surface area contributed by atoms with Crippen LogP contribution in [-0.4, -0.2) is 0 Å². The third-order valence-electron chi connectivity index (χ3n) is 13.3. The molecular formula is C57H36N2. The van der Waals surface area contributed by atoms with Gasteiger partial charge in [0.1, 0.15) is 0 Å². The number of hydrogen-bond acceptors (Lipinski definition) is 1. The highest BCUT2D eigenvalue weighted by molar-refractivity contribution is 6.29. The summed E-state index contributed by atoms with van der Waals surface area (Å²) in [6.45, 7) is 17.1. The second kappa shape index (κ2) is 11.8. The molecule has 0 radical (unpaired) electrons. The van der Waals surface area contributed by atoms with Crippen LogP contribution in [0, 0.1) is 24.8 Å². The molecule has 0 fully saturated rings. The van der Waals surface area contributed by atoms with Gasteiger partial charge in [-0.05, 0) is 187 Å². The Morgan fingerprint density at radius 1 is 0.441 bits per heavy atom. The lowest BCUT2D eigenvalue weighted by molar-refractivity contribution is 0.590. The van der Waals surface area contributed by atoms with Gasteiger partial charge in [0.15, 0.2) is 5.69 Å². The Morgan fingerprint density at radius 3 is 1.34 bits per heavy atom. The van der Waals surface area contributed by atoms with Crippen LogP contribution in [0.3, 0.4) is 0 Å². The number of aryl methyl sites for hydroxylation is 1. The van der Waals surface area contributed by atoms with Crippen LogP contribution in [0.1, 0.15) is 37.5 Å². The van der Waals surface area contributed by atoms with Crippen molar-refractivity contribution in [1.29, 1.82) is 5.26 Å². The van der Waals surface area contributed by atoms with Gasteiger partial charge in [-0.25, -0.2) is 4.85 Å². The van der Waals surface area contributed by atoms with Crippen LogP contribution >= 0.6 is 0 Å². The summed E-state index contributed by atoms with van der Waals surface area (Å²) in [6.07, 6.45) is 0. The third kappa shape index (κ3) is 4.61. The predicted octanol–water partition coefficient (Wildman–Crippen LogP) is 16.1. The predicted molar refractivity (Wildman–Crippen MR) is 248 cm³/mol. The SMILES string of the molecule is [C-]#[N+]c1ccc(C#N)c(-c2cc3c4cc5c(cc4c(-c4cc(C(C)(C)C)ccc4C)cc3c3cc4c(cc23)-c2cccc3cccc-4c23)-c2cccc3cccc-5c23)c1. The molecular weight excluding hydrogens is 713 g/mol. The van der Waals surface area contributed by atoms with Crippen molar-refractivity contribution in [2.24, 2.45) is 0 Å². The van der Waals surface area contributed by atoms with E-state index in [1.54, 1.807) is 12.1 Å². The van der Waals surface area contributed by atoms with E-state index in [1.165, 1.54) is 104 Å². The van der Waals surface area contributed by atoms with Gasteiger partial charge in [0, 0.05) is 0 Å². The molecule has 0 heterocycles. The summed E-state index contributed by atoms with van der Waals surface area (Å²) in [7, 11) is 0. The standard InChI is InChI=1S/C57H36N2/c1-31-18-20-35(57(2,3)4)22-41(31)47-28-53-52-27-46-40-17-9-13-33-11-7-15-38(56(33)40)44(46)25-50(52)48(42-23-36(59-5)21-19-34(42)30-58)29-54(53)51-26-45-39-16-8-12-32-10-6-14-37(55(32)39)43(45)24-49(47)51/h6-29H,1-4H3. The molecule has 0 saturated carbocycles. The molecule has 0 atom stereocenters. The molecule has 0 bridgehead atoms. The molecule has 10 aromatic carbocycles. The zero-order chi connectivity index (χ0) is 39.9. The molecule has 0 spiro atoms. The second-order valence-electron chi connectivity index (χ2n) is 17.5. The summed E-state index contributed by atoms with van der Waals surface area (Å²) in [6, 6.07) is 55.9. The first-order valence-electron chi connectivity index (χ1n) is 20.3. The highest BCUT2D eigenvalue weighted by Gasteiger charge is 2.27. The van der Waals surface area contributed by atoms with Crippen molar-refractivity contribution < 1.29 is 0 Å². The number of rotatable bonds is 2. The third-order valence-corrected chi connectivity index (χ3v) is 13.3. The first-order chi connectivity index (χ1) is 28.7. The highest BCUT2D eigenvalue weighted by Crippen LogP contribution is 2.54. The molecule has 2 aliphatic rings. The Kier molecular flexibility index (Phi) is 6.70. The minimum Gasteiger partial charge on any atom is -0.238 e. The molecule has 0 aromatic heterocycles. The maximum Gasteiger partial charge on any atom is 0.187 e. The summed E-state index contributed by atoms with van der Waals surface area (Å²) >= 11 is 0. The minimum absolute atomic E-state index is 0.0237. The first kappa shape index (κ1) is 33.6. The van der Waals surface area contributed by atoms with Crippen LogP contribution in [0.5, 0.6) is 0 Å². The van der Waals surface area contributed by atoms with Crippen molar-refractivity contribution in [1.82, 2.24) is 0 Å². The molecule has 59 heavy (non-hydrogen) atoms. The summed E-state index contributed by atoms with van der Waals surface area (Å²) in [5.41, 5.74) is 17.7. The summed E-state index contributed by atoms with van der Waals surface area (Å²) in [5, 5.41) is 22.5. The molecule has 12 rings (SSSR count). The number of nitrogens with zero attached hydrogens (tertiary/aromatic N) is 2. The van der Waals surface area contributed by atoms with Gasteiger partial charge in [-0.1, -0.05) is 124 Å². The Morgan fingerprint density at radius 2 is 0.881 bits per heavy atom. The quantitative estimate of drug-likeness (QED) is 0.128. The Bertz CT molecular complexity index is 3660. The van der Waals surface area contributed by atoms with Gasteiger partial charge in [-0.15, -0.1) is 0 Å². The number of fused-ring (bicyclic) bond motifs is 11. The summed E-state index contributed by atoms with van der Waals surface area (Å²) in [4.78, 5) is 3.83. The normalized spacial score (nSPS) is 12.4. The molecule has 0 aliphatic heterocycles. The van der Waals surface area contributed by atoms with Crippen molar-refractivity contribution in [2.75, 3.05) is 0 Å². The van der Waals surface area contributed by atoms with E-state index in [9.17, 15) is 5.26 Å². The monoisotopic (exact) mass is 748 g/mol. The van der Waals surface area contributed by atoms with Gasteiger partial charge in [0.05, 0.1) is 18.2 Å². The molecule has 274 valence electrons. The largest absolute Gasteiger partial charge is 0.238 e. The Labute approximate surface area is 343 Å². The molecule has 0 unspecified atom stereocenters. The zero-order valence-electron chi connectivity index (χ0n) is 33.3. The molecule has 0 N–H and O–H groups in total. The van der Waals surface area contributed by atoms with Crippen LogP contribution in [0.4, 0.5) is 5.69 Å². The number of benzene rings is 10. The second-order valence-corrected chi connectivity index (χ2v) is 17.5. The van der Waals surface area contributed by atoms with Crippen molar-refractivity contribution in [3.05, 3.63) is 174 Å². The molecule has 0 saturated heterocycles. The van der Waals surface area contributed by atoms with Gasteiger partial charge in [0.2, 0.25) is 0 Å². The van der Waals surface area contributed by atoms with E-state index in [0.29, 0.717) is 11.3 Å². The van der Waals surface area contributed by atoms with E-state index < -0.39 is 0 Å². The van der Waals surface area contributed by atoms with Gasteiger partial charge in [-0.2, -0.15) is 5.26 Å². The lowest BCUT2D eigenvalue weighted by atomic mass is 9.81. The van der Waals surface area contributed by atoms with Gasteiger partial charge in [-0.3, -0.25) is 0 Å². The van der Waals surface area contributed by atoms with Gasteiger partial charge >= 0.3 is 0 Å². The van der Waals surface area contributed by atoms with E-state index in [4.69, 9.17) is 6.57 Å². The van der Waals surface area contributed by atoms with Crippen LogP contribution in [0.15, 0.2) is 146 Å². The van der Waals surface area contributed by atoms with Crippen LogP contribution < -0.4 is 0 Å². The fraction of sp³-hybridized carbons (Fsp3) is 0.0877. The lowest BCUT2D eigenvalue weighted by Crippen LogP contribution is -2.11. The van der Waals surface area contributed by atoms with Crippen LogP contribution in [0.25, 0.3) is 125 Å². The van der Waals surface area contributed by atoms with E-state index in [1.807, 2.05) is 6.07 Å². The minimum atomic E-state index is -0.0237. The van der Waals surface area contributed by atoms with Crippen LogP contribution in [0.2, 0.25) is 0 Å². The van der Waals surface area contributed by atoms with E-state index in [-0.39, 0.29) is 5.41 Å². The summed E-state index contributed by atoms with van der Waals surface area (Å²) in [5.74, 6) is 0. The van der Waals surface area contributed by atoms with Gasteiger partial charge < -0.3 is 0 Å². The van der Waals surface area contributed by atoms with Crippen molar-refractivity contribution in [3.63, 3.8) is 0 Å². The zero-order valence-corrected chi connectivity index (χ0v) is 33.3. The van der Waals surface area contributed by atoms with E-state index in [2.05, 4.69) is 166 Å². The van der Waals surface area contributed by atoms with E-state index >= 15 is 0 Å². The van der Waals surface area contributed by atoms with Crippen LogP contribution in [-0.2, 0) is 5.41 Å².